The topological polar surface area (TPSA) is 29.1 Å². The molecule has 0 spiro atoms. The molecular weight excluding hydrogens is 253 g/mol. The first kappa shape index (κ1) is 13.5. The van der Waals surface area contributed by atoms with Crippen LogP contribution in [0.2, 0.25) is 5.02 Å². The Labute approximate surface area is 112 Å². The van der Waals surface area contributed by atoms with Crippen LogP contribution >= 0.6 is 11.6 Å². The highest BCUT2D eigenvalue weighted by atomic mass is 35.5. The highest BCUT2D eigenvalue weighted by Crippen LogP contribution is 2.32. The molecule has 1 aromatic carbocycles. The van der Waals surface area contributed by atoms with Crippen LogP contribution in [0.15, 0.2) is 18.2 Å². The Morgan fingerprint density at radius 1 is 1.56 bits per heavy atom. The molecule has 0 aliphatic carbocycles. The zero-order valence-electron chi connectivity index (χ0n) is 10.4. The number of carbonyl (C=O) groups is 1. The minimum Gasteiger partial charge on any atom is -0.316 e. The predicted molar refractivity (Wildman–Crippen MR) is 70.3 cm³/mol. The van der Waals surface area contributed by atoms with Gasteiger partial charge in [0.1, 0.15) is 11.6 Å². The lowest BCUT2D eigenvalue weighted by Gasteiger charge is -2.25. The number of carbonyl (C=O) groups excluding carboxylic acids is 1. The molecule has 0 aromatic heterocycles. The van der Waals surface area contributed by atoms with Gasteiger partial charge in [-0.3, -0.25) is 4.79 Å². The van der Waals surface area contributed by atoms with Gasteiger partial charge in [0, 0.05) is 18.4 Å². The van der Waals surface area contributed by atoms with Crippen molar-refractivity contribution in [2.45, 2.75) is 26.2 Å². The Balaban J connectivity index is 2.18. The number of hydrogen-bond acceptors (Lipinski definition) is 2. The maximum atomic E-state index is 13.8. The number of benzene rings is 1. The van der Waals surface area contributed by atoms with Gasteiger partial charge in [0.15, 0.2) is 0 Å². The molecule has 1 aliphatic heterocycles. The third-order valence-electron chi connectivity index (χ3n) is 3.89. The van der Waals surface area contributed by atoms with Crippen LogP contribution in [0.25, 0.3) is 0 Å². The van der Waals surface area contributed by atoms with E-state index in [4.69, 9.17) is 11.6 Å². The van der Waals surface area contributed by atoms with Gasteiger partial charge in [-0.25, -0.2) is 4.39 Å². The first-order valence-electron chi connectivity index (χ1n) is 6.26. The fraction of sp³-hybridized carbons (Fsp3) is 0.500. The van der Waals surface area contributed by atoms with Crippen molar-refractivity contribution in [2.24, 2.45) is 5.41 Å². The van der Waals surface area contributed by atoms with Gasteiger partial charge in [0.05, 0.1) is 5.02 Å². The molecule has 0 saturated carbocycles. The SMILES string of the molecule is CCC1(C(=O)Cc2cccc(Cl)c2F)CCNC1. The summed E-state index contributed by atoms with van der Waals surface area (Å²) in [5.74, 6) is -0.360. The van der Waals surface area contributed by atoms with Crippen molar-refractivity contribution in [1.29, 1.82) is 0 Å². The molecule has 1 fully saturated rings. The molecule has 1 heterocycles. The van der Waals surface area contributed by atoms with Crippen LogP contribution in [0.5, 0.6) is 0 Å². The zero-order chi connectivity index (χ0) is 13.2. The second kappa shape index (κ2) is 5.37. The molecular formula is C14H17ClFNO. The normalized spacial score (nSPS) is 23.3. The molecule has 1 atom stereocenters. The van der Waals surface area contributed by atoms with Crippen LogP contribution in [0.3, 0.4) is 0 Å². The monoisotopic (exact) mass is 269 g/mol. The van der Waals surface area contributed by atoms with Gasteiger partial charge >= 0.3 is 0 Å². The average molecular weight is 270 g/mol. The Morgan fingerprint density at radius 3 is 2.94 bits per heavy atom. The van der Waals surface area contributed by atoms with Crippen LogP contribution in [0.4, 0.5) is 4.39 Å². The molecule has 2 rings (SSSR count). The number of Topliss-reactive ketones (excluding diaryl/α,β-unsaturated/α-hetero) is 1. The number of halogens is 2. The molecule has 1 aliphatic rings. The predicted octanol–water partition coefficient (Wildman–Crippen LogP) is 2.98. The summed E-state index contributed by atoms with van der Waals surface area (Å²) in [6, 6.07) is 4.81. The van der Waals surface area contributed by atoms with Crippen LogP contribution in [-0.4, -0.2) is 18.9 Å². The van der Waals surface area contributed by atoms with Crippen molar-refractivity contribution in [1.82, 2.24) is 5.32 Å². The summed E-state index contributed by atoms with van der Waals surface area (Å²) in [6.45, 7) is 3.57. The first-order chi connectivity index (χ1) is 8.59. The Hall–Kier alpha value is -0.930. The van der Waals surface area contributed by atoms with E-state index in [-0.39, 0.29) is 22.6 Å². The maximum absolute atomic E-state index is 13.8. The van der Waals surface area contributed by atoms with Crippen molar-refractivity contribution < 1.29 is 9.18 Å². The molecule has 98 valence electrons. The van der Waals surface area contributed by atoms with Gasteiger partial charge in [-0.1, -0.05) is 30.7 Å². The lowest BCUT2D eigenvalue weighted by molar-refractivity contribution is -0.127. The lowest BCUT2D eigenvalue weighted by Crippen LogP contribution is -2.34. The third kappa shape index (κ3) is 2.43. The van der Waals surface area contributed by atoms with E-state index in [2.05, 4.69) is 5.32 Å². The van der Waals surface area contributed by atoms with E-state index >= 15 is 0 Å². The second-order valence-corrected chi connectivity index (χ2v) is 5.28. The maximum Gasteiger partial charge on any atom is 0.145 e. The van der Waals surface area contributed by atoms with E-state index in [1.165, 1.54) is 6.07 Å². The smallest absolute Gasteiger partial charge is 0.145 e. The summed E-state index contributed by atoms with van der Waals surface area (Å²) in [4.78, 5) is 12.4. The number of nitrogens with one attached hydrogen (secondary N) is 1. The molecule has 4 heteroatoms. The molecule has 1 unspecified atom stereocenters. The summed E-state index contributed by atoms with van der Waals surface area (Å²) in [5.41, 5.74) is 0.0709. The van der Waals surface area contributed by atoms with E-state index in [0.717, 1.165) is 19.4 Å². The highest BCUT2D eigenvalue weighted by Gasteiger charge is 2.39. The second-order valence-electron chi connectivity index (χ2n) is 4.87. The lowest BCUT2D eigenvalue weighted by atomic mass is 9.78. The Bertz CT molecular complexity index is 455. The zero-order valence-corrected chi connectivity index (χ0v) is 11.2. The van der Waals surface area contributed by atoms with Gasteiger partial charge in [0.2, 0.25) is 0 Å². The van der Waals surface area contributed by atoms with E-state index in [9.17, 15) is 9.18 Å². The summed E-state index contributed by atoms with van der Waals surface area (Å²) in [6.07, 6.45) is 1.76. The Kier molecular flexibility index (Phi) is 4.03. The van der Waals surface area contributed by atoms with Crippen molar-refractivity contribution in [3.63, 3.8) is 0 Å². The fourth-order valence-electron chi connectivity index (χ4n) is 2.53. The molecule has 1 N–H and O–H groups in total. The van der Waals surface area contributed by atoms with E-state index < -0.39 is 5.82 Å². The van der Waals surface area contributed by atoms with Crippen LogP contribution in [-0.2, 0) is 11.2 Å². The van der Waals surface area contributed by atoms with Gasteiger partial charge in [0.25, 0.3) is 0 Å². The van der Waals surface area contributed by atoms with E-state index in [0.29, 0.717) is 12.1 Å². The number of rotatable bonds is 4. The van der Waals surface area contributed by atoms with E-state index in [1.54, 1.807) is 12.1 Å². The molecule has 18 heavy (non-hydrogen) atoms. The molecule has 1 aromatic rings. The largest absolute Gasteiger partial charge is 0.316 e. The van der Waals surface area contributed by atoms with Crippen LogP contribution < -0.4 is 5.32 Å². The average Bonchev–Trinajstić information content (AvgIpc) is 2.85. The summed E-state index contributed by atoms with van der Waals surface area (Å²) in [5, 5.41) is 3.30. The quantitative estimate of drug-likeness (QED) is 0.910. The minimum atomic E-state index is -0.468. The number of hydrogen-bond donors (Lipinski definition) is 1. The van der Waals surface area contributed by atoms with Crippen molar-refractivity contribution in [2.75, 3.05) is 13.1 Å². The number of ketones is 1. The van der Waals surface area contributed by atoms with Gasteiger partial charge < -0.3 is 5.32 Å². The van der Waals surface area contributed by atoms with Gasteiger partial charge in [-0.15, -0.1) is 0 Å². The standard InChI is InChI=1S/C14H17ClFNO/c1-2-14(6-7-17-9-14)12(18)8-10-4-3-5-11(15)13(10)16/h3-5,17H,2,6-9H2,1H3. The van der Waals surface area contributed by atoms with Crippen molar-refractivity contribution in [3.05, 3.63) is 34.6 Å². The molecule has 0 bridgehead atoms. The van der Waals surface area contributed by atoms with Gasteiger partial charge in [-0.2, -0.15) is 0 Å². The fourth-order valence-corrected chi connectivity index (χ4v) is 2.72. The molecule has 1 saturated heterocycles. The molecule has 0 amide bonds. The molecule has 2 nitrogen and oxygen atoms in total. The third-order valence-corrected chi connectivity index (χ3v) is 4.19. The highest BCUT2D eigenvalue weighted by molar-refractivity contribution is 6.30. The Morgan fingerprint density at radius 2 is 2.33 bits per heavy atom. The first-order valence-corrected chi connectivity index (χ1v) is 6.64. The van der Waals surface area contributed by atoms with Crippen molar-refractivity contribution in [3.8, 4) is 0 Å². The summed E-state index contributed by atoms with van der Waals surface area (Å²) >= 11 is 5.73. The summed E-state index contributed by atoms with van der Waals surface area (Å²) in [7, 11) is 0. The van der Waals surface area contributed by atoms with Crippen LogP contribution in [0.1, 0.15) is 25.3 Å². The molecule has 0 radical (unpaired) electrons. The van der Waals surface area contributed by atoms with Crippen LogP contribution in [0, 0.1) is 11.2 Å². The van der Waals surface area contributed by atoms with Gasteiger partial charge in [-0.05, 0) is 31.0 Å². The minimum absolute atomic E-state index is 0.0791. The van der Waals surface area contributed by atoms with Crippen molar-refractivity contribution >= 4 is 17.4 Å². The van der Waals surface area contributed by atoms with E-state index in [1.807, 2.05) is 6.92 Å². The summed E-state index contributed by atoms with van der Waals surface area (Å²) < 4.78 is 13.8.